The number of pyridine rings is 1. The van der Waals surface area contributed by atoms with Gasteiger partial charge in [-0.1, -0.05) is 0 Å². The molecule has 5 heteroatoms. The molecule has 2 aromatic heterocycles. The van der Waals surface area contributed by atoms with E-state index in [9.17, 15) is 0 Å². The third kappa shape index (κ3) is 2.57. The van der Waals surface area contributed by atoms with Gasteiger partial charge < -0.3 is 5.73 Å². The smallest absolute Gasteiger partial charge is 0.179 e. The van der Waals surface area contributed by atoms with Crippen LogP contribution in [0.15, 0.2) is 22.8 Å². The summed E-state index contributed by atoms with van der Waals surface area (Å²) in [6, 6.07) is 3.81. The number of nitrogens with two attached hydrogens (primary N) is 1. The molecule has 0 bridgehead atoms. The lowest BCUT2D eigenvalue weighted by Gasteiger charge is -2.10. The summed E-state index contributed by atoms with van der Waals surface area (Å²) < 4.78 is 0.898. The van der Waals surface area contributed by atoms with Crippen LogP contribution >= 0.6 is 15.9 Å². The van der Waals surface area contributed by atoms with Gasteiger partial charge in [0.05, 0.1) is 0 Å². The highest BCUT2D eigenvalue weighted by Gasteiger charge is 2.12. The molecule has 0 amide bonds. The summed E-state index contributed by atoms with van der Waals surface area (Å²) in [6.07, 6.45) is 2.54. The molecule has 0 radical (unpaired) electrons. The highest BCUT2D eigenvalue weighted by Crippen LogP contribution is 2.24. The van der Waals surface area contributed by atoms with Crippen LogP contribution in [0.5, 0.6) is 0 Å². The van der Waals surface area contributed by atoms with Gasteiger partial charge in [-0.2, -0.15) is 0 Å². The van der Waals surface area contributed by atoms with Crippen LogP contribution < -0.4 is 5.73 Å². The minimum absolute atomic E-state index is 0.609. The standard InChI is InChI=1S/C13H15BrN4/c1-8-10(5-6-15)9(2)18-13(17-8)12-11(14)4-3-7-16-12/h3-4,7H,5-6,15H2,1-2H3. The SMILES string of the molecule is Cc1nc(-c2ncccc2Br)nc(C)c1CCN. The number of hydrogen-bond acceptors (Lipinski definition) is 4. The first-order valence-corrected chi connectivity index (χ1v) is 6.58. The van der Waals surface area contributed by atoms with Crippen LogP contribution in [-0.4, -0.2) is 21.5 Å². The maximum absolute atomic E-state index is 5.60. The number of aromatic nitrogens is 3. The maximum atomic E-state index is 5.60. The molecule has 0 spiro atoms. The molecule has 0 aromatic carbocycles. The van der Waals surface area contributed by atoms with Crippen LogP contribution in [0, 0.1) is 13.8 Å². The van der Waals surface area contributed by atoms with Crippen molar-refractivity contribution in [2.75, 3.05) is 6.54 Å². The van der Waals surface area contributed by atoms with Crippen LogP contribution in [0.25, 0.3) is 11.5 Å². The van der Waals surface area contributed by atoms with Crippen molar-refractivity contribution in [1.29, 1.82) is 0 Å². The van der Waals surface area contributed by atoms with Gasteiger partial charge in [0.1, 0.15) is 5.69 Å². The van der Waals surface area contributed by atoms with Crippen molar-refractivity contribution in [3.05, 3.63) is 39.8 Å². The van der Waals surface area contributed by atoms with E-state index in [4.69, 9.17) is 5.73 Å². The number of hydrogen-bond donors (Lipinski definition) is 1. The fraction of sp³-hybridized carbons (Fsp3) is 0.308. The fourth-order valence-corrected chi connectivity index (χ4v) is 2.33. The molecule has 0 aliphatic rings. The van der Waals surface area contributed by atoms with Crippen LogP contribution in [0.1, 0.15) is 17.0 Å². The summed E-state index contributed by atoms with van der Waals surface area (Å²) in [4.78, 5) is 13.4. The topological polar surface area (TPSA) is 64.7 Å². The largest absolute Gasteiger partial charge is 0.330 e. The number of halogens is 1. The third-order valence-corrected chi connectivity index (χ3v) is 3.43. The molecule has 4 nitrogen and oxygen atoms in total. The third-order valence-electron chi connectivity index (χ3n) is 2.79. The van der Waals surface area contributed by atoms with Crippen molar-refractivity contribution >= 4 is 15.9 Å². The zero-order chi connectivity index (χ0) is 13.1. The molecule has 0 aliphatic carbocycles. The van der Waals surface area contributed by atoms with E-state index in [0.29, 0.717) is 12.4 Å². The van der Waals surface area contributed by atoms with Crippen molar-refractivity contribution in [3.8, 4) is 11.5 Å². The van der Waals surface area contributed by atoms with E-state index in [1.165, 1.54) is 0 Å². The summed E-state index contributed by atoms with van der Waals surface area (Å²) in [5.41, 5.74) is 9.44. The molecule has 0 fully saturated rings. The van der Waals surface area contributed by atoms with E-state index < -0.39 is 0 Å². The van der Waals surface area contributed by atoms with Crippen LogP contribution in [0.4, 0.5) is 0 Å². The highest BCUT2D eigenvalue weighted by molar-refractivity contribution is 9.10. The van der Waals surface area contributed by atoms with Crippen molar-refractivity contribution in [2.45, 2.75) is 20.3 Å². The van der Waals surface area contributed by atoms with E-state index >= 15 is 0 Å². The molecular weight excluding hydrogens is 292 g/mol. The van der Waals surface area contributed by atoms with Gasteiger partial charge in [0.2, 0.25) is 0 Å². The molecule has 94 valence electrons. The minimum Gasteiger partial charge on any atom is -0.330 e. The van der Waals surface area contributed by atoms with Gasteiger partial charge in [-0.3, -0.25) is 4.98 Å². The lowest BCUT2D eigenvalue weighted by Crippen LogP contribution is -2.09. The number of aryl methyl sites for hydroxylation is 2. The van der Waals surface area contributed by atoms with Gasteiger partial charge in [-0.05, 0) is 60.4 Å². The number of rotatable bonds is 3. The molecule has 0 saturated carbocycles. The Labute approximate surface area is 115 Å². The molecule has 2 aromatic rings. The second-order valence-corrected chi connectivity index (χ2v) is 4.92. The molecule has 2 rings (SSSR count). The van der Waals surface area contributed by atoms with E-state index in [0.717, 1.165) is 33.5 Å². The molecule has 0 atom stereocenters. The first-order valence-electron chi connectivity index (χ1n) is 5.78. The first kappa shape index (κ1) is 13.1. The zero-order valence-electron chi connectivity index (χ0n) is 10.4. The fourth-order valence-electron chi connectivity index (χ4n) is 1.90. The van der Waals surface area contributed by atoms with E-state index in [2.05, 4.69) is 30.9 Å². The summed E-state index contributed by atoms with van der Waals surface area (Å²) in [5.74, 6) is 0.651. The molecule has 0 unspecified atom stereocenters. The second kappa shape index (κ2) is 5.54. The van der Waals surface area contributed by atoms with Gasteiger partial charge in [0.15, 0.2) is 5.82 Å². The predicted octanol–water partition coefficient (Wildman–Crippen LogP) is 2.42. The van der Waals surface area contributed by atoms with E-state index in [-0.39, 0.29) is 0 Å². The Balaban J connectivity index is 2.52. The van der Waals surface area contributed by atoms with Gasteiger partial charge in [0.25, 0.3) is 0 Å². The molecule has 18 heavy (non-hydrogen) atoms. The average Bonchev–Trinajstić information content (AvgIpc) is 2.34. The van der Waals surface area contributed by atoms with Gasteiger partial charge in [-0.15, -0.1) is 0 Å². The Morgan fingerprint density at radius 3 is 2.44 bits per heavy atom. The quantitative estimate of drug-likeness (QED) is 0.946. The van der Waals surface area contributed by atoms with Crippen molar-refractivity contribution < 1.29 is 0 Å². The Morgan fingerprint density at radius 2 is 1.89 bits per heavy atom. The Morgan fingerprint density at radius 1 is 1.22 bits per heavy atom. The van der Waals surface area contributed by atoms with E-state index in [1.807, 2.05) is 26.0 Å². The molecular formula is C13H15BrN4. The Bertz CT molecular complexity index is 546. The summed E-state index contributed by atoms with van der Waals surface area (Å²) in [7, 11) is 0. The predicted molar refractivity (Wildman–Crippen MR) is 75.2 cm³/mol. The van der Waals surface area contributed by atoms with Crippen molar-refractivity contribution in [3.63, 3.8) is 0 Å². The lowest BCUT2D eigenvalue weighted by molar-refractivity contribution is 0.896. The van der Waals surface area contributed by atoms with Gasteiger partial charge in [0, 0.05) is 22.1 Å². The Kier molecular flexibility index (Phi) is 4.04. The monoisotopic (exact) mass is 306 g/mol. The molecule has 0 saturated heterocycles. The minimum atomic E-state index is 0.609. The van der Waals surface area contributed by atoms with Gasteiger partial charge in [-0.25, -0.2) is 9.97 Å². The normalized spacial score (nSPS) is 10.7. The first-order chi connectivity index (χ1) is 8.63. The molecule has 0 aliphatic heterocycles. The summed E-state index contributed by atoms with van der Waals surface area (Å²) in [5, 5.41) is 0. The highest BCUT2D eigenvalue weighted by atomic mass is 79.9. The van der Waals surface area contributed by atoms with E-state index in [1.54, 1.807) is 6.20 Å². The zero-order valence-corrected chi connectivity index (χ0v) is 12.0. The summed E-state index contributed by atoms with van der Waals surface area (Å²) >= 11 is 3.47. The van der Waals surface area contributed by atoms with Crippen molar-refractivity contribution in [2.24, 2.45) is 5.73 Å². The van der Waals surface area contributed by atoms with Crippen LogP contribution in [0.2, 0.25) is 0 Å². The second-order valence-electron chi connectivity index (χ2n) is 4.07. The van der Waals surface area contributed by atoms with Gasteiger partial charge >= 0.3 is 0 Å². The molecule has 2 N–H and O–H groups in total. The maximum Gasteiger partial charge on any atom is 0.179 e. The lowest BCUT2D eigenvalue weighted by atomic mass is 10.1. The van der Waals surface area contributed by atoms with Crippen molar-refractivity contribution in [1.82, 2.24) is 15.0 Å². The summed E-state index contributed by atoms with van der Waals surface area (Å²) in [6.45, 7) is 4.58. The molecule has 2 heterocycles. The van der Waals surface area contributed by atoms with Crippen LogP contribution in [0.3, 0.4) is 0 Å². The van der Waals surface area contributed by atoms with Crippen LogP contribution in [-0.2, 0) is 6.42 Å². The Hall–Kier alpha value is -1.33. The number of nitrogens with zero attached hydrogens (tertiary/aromatic N) is 3. The average molecular weight is 307 g/mol.